The van der Waals surface area contributed by atoms with Gasteiger partial charge in [-0.05, 0) is 45.7 Å². The van der Waals surface area contributed by atoms with Crippen LogP contribution in [0.3, 0.4) is 0 Å². The minimum Gasteiger partial charge on any atom is -0.382 e. The number of hydrogen-bond donors (Lipinski definition) is 2. The average molecular weight is 408 g/mol. The third-order valence-corrected chi connectivity index (χ3v) is 6.41. The van der Waals surface area contributed by atoms with Gasteiger partial charge < -0.3 is 16.0 Å². The molecule has 1 aliphatic rings. The van der Waals surface area contributed by atoms with Gasteiger partial charge in [0, 0.05) is 30.6 Å². The number of benzene rings is 1. The van der Waals surface area contributed by atoms with Gasteiger partial charge in [0.05, 0.1) is 11.4 Å². The number of nitrogens with one attached hydrogen (secondary N) is 1. The number of nitrogens with two attached hydrogens (primary N) is 1. The first-order valence-electron chi connectivity index (χ1n) is 10.6. The number of aromatic nitrogens is 2. The summed E-state index contributed by atoms with van der Waals surface area (Å²) in [6.07, 6.45) is 1.46. The Morgan fingerprint density at radius 2 is 1.97 bits per heavy atom. The molecule has 7 nitrogen and oxygen atoms in total. The first kappa shape index (κ1) is 21.7. The van der Waals surface area contributed by atoms with Crippen LogP contribution >= 0.6 is 0 Å². The highest BCUT2D eigenvalue weighted by atomic mass is 15.4. The highest BCUT2D eigenvalue weighted by Gasteiger charge is 2.53. The number of rotatable bonds is 6. The van der Waals surface area contributed by atoms with Crippen molar-refractivity contribution in [3.63, 3.8) is 0 Å². The second kappa shape index (κ2) is 8.39. The average Bonchev–Trinajstić information content (AvgIpc) is 3.04. The number of para-hydroxylation sites is 1. The van der Waals surface area contributed by atoms with Crippen molar-refractivity contribution in [2.45, 2.75) is 53.0 Å². The van der Waals surface area contributed by atoms with Crippen LogP contribution in [0.15, 0.2) is 35.3 Å². The van der Waals surface area contributed by atoms with Crippen molar-refractivity contribution >= 4 is 11.8 Å². The number of nitriles is 1. The van der Waals surface area contributed by atoms with E-state index in [0.717, 1.165) is 36.9 Å². The molecule has 1 aromatic heterocycles. The van der Waals surface area contributed by atoms with Crippen LogP contribution in [0.1, 0.15) is 52.3 Å². The molecule has 0 saturated carbocycles. The van der Waals surface area contributed by atoms with Gasteiger partial charge in [0.2, 0.25) is 0 Å². The lowest BCUT2D eigenvalue weighted by Gasteiger charge is -2.62. The van der Waals surface area contributed by atoms with E-state index in [1.54, 1.807) is 4.68 Å². The third kappa shape index (κ3) is 3.87. The van der Waals surface area contributed by atoms with E-state index >= 15 is 0 Å². The summed E-state index contributed by atoms with van der Waals surface area (Å²) < 4.78 is 1.64. The van der Waals surface area contributed by atoms with Gasteiger partial charge in [0.1, 0.15) is 17.5 Å². The predicted molar refractivity (Wildman–Crippen MR) is 122 cm³/mol. The van der Waals surface area contributed by atoms with Gasteiger partial charge in [-0.15, -0.1) is 0 Å². The molecule has 0 aliphatic carbocycles. The van der Waals surface area contributed by atoms with E-state index in [-0.39, 0.29) is 11.0 Å². The van der Waals surface area contributed by atoms with Crippen molar-refractivity contribution in [3.05, 3.63) is 41.6 Å². The molecule has 2 heterocycles. The smallest absolute Gasteiger partial charge is 0.194 e. The SMILES string of the molecule is CCNC(=NCCCc1nn(-c2ccccc2)c(N)c1C#N)N1CC(C)(C)C1(C)C. The third-order valence-electron chi connectivity index (χ3n) is 6.41. The Balaban J connectivity index is 1.69. The second-order valence-corrected chi connectivity index (χ2v) is 8.93. The summed E-state index contributed by atoms with van der Waals surface area (Å²) in [4.78, 5) is 7.18. The van der Waals surface area contributed by atoms with Gasteiger partial charge in [-0.1, -0.05) is 32.0 Å². The van der Waals surface area contributed by atoms with E-state index < -0.39 is 0 Å². The topological polar surface area (TPSA) is 95.3 Å². The number of aryl methyl sites for hydroxylation is 1. The van der Waals surface area contributed by atoms with Crippen molar-refractivity contribution in [1.82, 2.24) is 20.0 Å². The first-order valence-corrected chi connectivity index (χ1v) is 10.6. The van der Waals surface area contributed by atoms with Gasteiger partial charge in [0.25, 0.3) is 0 Å². The summed E-state index contributed by atoms with van der Waals surface area (Å²) in [6, 6.07) is 11.9. The molecule has 1 saturated heterocycles. The number of likely N-dealkylation sites (tertiary alicyclic amines) is 1. The highest BCUT2D eigenvalue weighted by Crippen LogP contribution is 2.46. The molecule has 0 amide bonds. The van der Waals surface area contributed by atoms with Crippen LogP contribution in [0.2, 0.25) is 0 Å². The molecule has 30 heavy (non-hydrogen) atoms. The summed E-state index contributed by atoms with van der Waals surface area (Å²) in [5.41, 5.74) is 8.55. The summed E-state index contributed by atoms with van der Waals surface area (Å²) in [6.45, 7) is 13.7. The summed E-state index contributed by atoms with van der Waals surface area (Å²) in [7, 11) is 0. The molecule has 7 heteroatoms. The highest BCUT2D eigenvalue weighted by molar-refractivity contribution is 5.82. The summed E-state index contributed by atoms with van der Waals surface area (Å²) >= 11 is 0. The van der Waals surface area contributed by atoms with E-state index in [1.165, 1.54) is 0 Å². The van der Waals surface area contributed by atoms with Crippen LogP contribution in [0.5, 0.6) is 0 Å². The second-order valence-electron chi connectivity index (χ2n) is 8.93. The van der Waals surface area contributed by atoms with Crippen LogP contribution < -0.4 is 11.1 Å². The van der Waals surface area contributed by atoms with Gasteiger partial charge in [-0.2, -0.15) is 10.4 Å². The monoisotopic (exact) mass is 407 g/mol. The molecule has 1 fully saturated rings. The maximum Gasteiger partial charge on any atom is 0.194 e. The van der Waals surface area contributed by atoms with Gasteiger partial charge >= 0.3 is 0 Å². The standard InChI is InChI=1S/C23H33N7/c1-6-26-21(29-16-22(2,3)23(29,4)5)27-14-10-13-19-18(15-24)20(25)30(28-19)17-11-8-7-9-12-17/h7-9,11-12H,6,10,13-14,16,25H2,1-5H3,(H,26,27). The molecule has 0 bridgehead atoms. The maximum atomic E-state index is 9.57. The number of hydrogen-bond acceptors (Lipinski definition) is 4. The Labute approximate surface area is 179 Å². The predicted octanol–water partition coefficient (Wildman–Crippen LogP) is 3.34. The minimum atomic E-state index is 0.0604. The van der Waals surface area contributed by atoms with E-state index in [4.69, 9.17) is 10.7 Å². The maximum absolute atomic E-state index is 9.57. The van der Waals surface area contributed by atoms with Crippen molar-refractivity contribution in [1.29, 1.82) is 5.26 Å². The van der Waals surface area contributed by atoms with Crippen molar-refractivity contribution in [2.24, 2.45) is 10.4 Å². The van der Waals surface area contributed by atoms with Crippen LogP contribution in [0.4, 0.5) is 5.82 Å². The zero-order valence-corrected chi connectivity index (χ0v) is 18.7. The molecule has 0 radical (unpaired) electrons. The van der Waals surface area contributed by atoms with E-state index in [1.807, 2.05) is 30.3 Å². The molecular weight excluding hydrogens is 374 g/mol. The molecule has 3 rings (SSSR count). The molecule has 0 atom stereocenters. The molecule has 3 N–H and O–H groups in total. The Kier molecular flexibility index (Phi) is 6.06. The number of anilines is 1. The van der Waals surface area contributed by atoms with Gasteiger partial charge in [-0.3, -0.25) is 4.99 Å². The van der Waals surface area contributed by atoms with Crippen LogP contribution in [-0.4, -0.2) is 45.8 Å². The Bertz CT molecular complexity index is 948. The zero-order valence-electron chi connectivity index (χ0n) is 18.7. The lowest BCUT2D eigenvalue weighted by molar-refractivity contribution is -0.0667. The Morgan fingerprint density at radius 3 is 2.53 bits per heavy atom. The normalized spacial score (nSPS) is 17.3. The van der Waals surface area contributed by atoms with Crippen LogP contribution in [-0.2, 0) is 6.42 Å². The van der Waals surface area contributed by atoms with Crippen LogP contribution in [0, 0.1) is 16.7 Å². The fraction of sp³-hybridized carbons (Fsp3) is 0.522. The molecule has 0 spiro atoms. The number of nitrogens with zero attached hydrogens (tertiary/aromatic N) is 5. The van der Waals surface area contributed by atoms with Gasteiger partial charge in [-0.25, -0.2) is 4.68 Å². The zero-order chi connectivity index (χ0) is 21.9. The van der Waals surface area contributed by atoms with Crippen molar-refractivity contribution in [3.8, 4) is 11.8 Å². The summed E-state index contributed by atoms with van der Waals surface area (Å²) in [5.74, 6) is 1.34. The first-order chi connectivity index (χ1) is 14.2. The Hall–Kier alpha value is -3.01. The quantitative estimate of drug-likeness (QED) is 0.435. The van der Waals surface area contributed by atoms with Crippen molar-refractivity contribution < 1.29 is 0 Å². The molecule has 0 unspecified atom stereocenters. The lowest BCUT2D eigenvalue weighted by atomic mass is 9.65. The van der Waals surface area contributed by atoms with Crippen LogP contribution in [0.25, 0.3) is 5.69 Å². The van der Waals surface area contributed by atoms with Crippen molar-refractivity contribution in [2.75, 3.05) is 25.4 Å². The molecular formula is C23H33N7. The van der Waals surface area contributed by atoms with E-state index in [9.17, 15) is 5.26 Å². The number of guanidine groups is 1. The largest absolute Gasteiger partial charge is 0.382 e. The van der Waals surface area contributed by atoms with Gasteiger partial charge in [0.15, 0.2) is 5.96 Å². The number of aliphatic imine (C=N–C) groups is 1. The summed E-state index contributed by atoms with van der Waals surface area (Å²) in [5, 5.41) is 17.6. The Morgan fingerprint density at radius 1 is 1.27 bits per heavy atom. The number of nitrogen functional groups attached to an aromatic ring is 1. The molecule has 1 aliphatic heterocycles. The molecule has 1 aromatic carbocycles. The van der Waals surface area contributed by atoms with E-state index in [2.05, 4.69) is 56.0 Å². The lowest BCUT2D eigenvalue weighted by Crippen LogP contribution is -2.72. The molecule has 160 valence electrons. The fourth-order valence-electron chi connectivity index (χ4n) is 3.77. The fourth-order valence-corrected chi connectivity index (χ4v) is 3.77. The van der Waals surface area contributed by atoms with E-state index in [0.29, 0.717) is 24.3 Å². The molecule has 2 aromatic rings. The minimum absolute atomic E-state index is 0.0604.